The summed E-state index contributed by atoms with van der Waals surface area (Å²) in [6.45, 7) is 0. The van der Waals surface area contributed by atoms with Crippen LogP contribution in [0.25, 0.3) is 0 Å². The van der Waals surface area contributed by atoms with Gasteiger partial charge in [0.15, 0.2) is 0 Å². The highest BCUT2D eigenvalue weighted by molar-refractivity contribution is 5.70. The zero-order valence-corrected chi connectivity index (χ0v) is 5.34. The van der Waals surface area contributed by atoms with E-state index in [1.807, 2.05) is 0 Å². The lowest BCUT2D eigenvalue weighted by atomic mass is 10.6. The Morgan fingerprint density at radius 3 is 3.00 bits per heavy atom. The number of aryl methyl sites for hydroxylation is 1. The second-order valence-electron chi connectivity index (χ2n) is 1.77. The average Bonchev–Trinajstić information content (AvgIpc) is 2.13. The van der Waals surface area contributed by atoms with Gasteiger partial charge in [0.05, 0.1) is 6.20 Å². The number of amides is 1. The molecule has 0 saturated heterocycles. The van der Waals surface area contributed by atoms with Crippen molar-refractivity contribution in [1.29, 1.82) is 0 Å². The Morgan fingerprint density at radius 1 is 1.90 bits per heavy atom. The second kappa shape index (κ2) is 2.47. The van der Waals surface area contributed by atoms with E-state index in [0.29, 0.717) is 6.41 Å². The number of rotatable bonds is 2. The fourth-order valence-corrected chi connectivity index (χ4v) is 0.622. The molecule has 1 N–H and O–H groups in total. The van der Waals surface area contributed by atoms with Crippen molar-refractivity contribution in [2.45, 2.75) is 0 Å². The molecule has 0 atom stereocenters. The van der Waals surface area contributed by atoms with Gasteiger partial charge in [-0.3, -0.25) is 9.48 Å². The van der Waals surface area contributed by atoms with Crippen LogP contribution in [0, 0.1) is 5.95 Å². The summed E-state index contributed by atoms with van der Waals surface area (Å²) < 4.78 is 13.7. The molecule has 0 aliphatic rings. The van der Waals surface area contributed by atoms with Crippen molar-refractivity contribution in [3.63, 3.8) is 0 Å². The maximum atomic E-state index is 12.4. The molecular weight excluding hydrogens is 137 g/mol. The van der Waals surface area contributed by atoms with Gasteiger partial charge in [-0.2, -0.15) is 4.39 Å². The van der Waals surface area contributed by atoms with Crippen LogP contribution >= 0.6 is 0 Å². The van der Waals surface area contributed by atoms with Crippen LogP contribution < -0.4 is 5.32 Å². The van der Waals surface area contributed by atoms with Crippen molar-refractivity contribution in [3.05, 3.63) is 12.1 Å². The summed E-state index contributed by atoms with van der Waals surface area (Å²) in [5.74, 6) is -0.672. The number of nitrogens with zero attached hydrogens (tertiary/aromatic N) is 2. The summed E-state index contributed by atoms with van der Waals surface area (Å²) in [5, 5.41) is 5.52. The third-order valence-corrected chi connectivity index (χ3v) is 0.998. The van der Waals surface area contributed by atoms with Gasteiger partial charge in [0, 0.05) is 7.05 Å². The van der Waals surface area contributed by atoms with E-state index in [9.17, 15) is 9.18 Å². The van der Waals surface area contributed by atoms with Gasteiger partial charge in [-0.15, -0.1) is 5.10 Å². The molecule has 1 rings (SSSR count). The molecular formula is C5H6FN3O. The van der Waals surface area contributed by atoms with E-state index >= 15 is 0 Å². The normalized spacial score (nSPS) is 9.40. The molecule has 4 nitrogen and oxygen atoms in total. The average molecular weight is 143 g/mol. The van der Waals surface area contributed by atoms with Gasteiger partial charge < -0.3 is 5.32 Å². The maximum Gasteiger partial charge on any atom is 0.256 e. The predicted molar refractivity (Wildman–Crippen MR) is 32.9 cm³/mol. The van der Waals surface area contributed by atoms with Crippen LogP contribution in [0.15, 0.2) is 6.20 Å². The minimum atomic E-state index is -0.672. The van der Waals surface area contributed by atoms with E-state index in [-0.39, 0.29) is 5.69 Å². The van der Waals surface area contributed by atoms with Crippen LogP contribution in [0.5, 0.6) is 0 Å². The number of hydrogen-bond acceptors (Lipinski definition) is 2. The first kappa shape index (κ1) is 6.73. The topological polar surface area (TPSA) is 46.9 Å². The number of nitrogens with one attached hydrogen (secondary N) is 1. The van der Waals surface area contributed by atoms with E-state index in [1.54, 1.807) is 7.05 Å². The van der Waals surface area contributed by atoms with Gasteiger partial charge in [0.25, 0.3) is 5.95 Å². The highest BCUT2D eigenvalue weighted by Gasteiger charge is 2.03. The monoisotopic (exact) mass is 143 g/mol. The molecule has 0 radical (unpaired) electrons. The molecule has 0 aliphatic heterocycles. The summed E-state index contributed by atoms with van der Waals surface area (Å²) in [6, 6.07) is 0. The second-order valence-corrected chi connectivity index (χ2v) is 1.77. The quantitative estimate of drug-likeness (QED) is 0.598. The zero-order chi connectivity index (χ0) is 7.56. The summed E-state index contributed by atoms with van der Waals surface area (Å²) in [4.78, 5) is 9.82. The van der Waals surface area contributed by atoms with Gasteiger partial charge >= 0.3 is 0 Å². The lowest BCUT2D eigenvalue weighted by Gasteiger charge is -1.87. The minimum Gasteiger partial charge on any atom is -0.324 e. The van der Waals surface area contributed by atoms with Crippen molar-refractivity contribution < 1.29 is 9.18 Å². The summed E-state index contributed by atoms with van der Waals surface area (Å²) in [6.07, 6.45) is 1.78. The van der Waals surface area contributed by atoms with Gasteiger partial charge in [0.2, 0.25) is 6.41 Å². The molecule has 0 fully saturated rings. The maximum absolute atomic E-state index is 12.4. The van der Waals surface area contributed by atoms with Gasteiger partial charge in [-0.05, 0) is 0 Å². The van der Waals surface area contributed by atoms with Crippen LogP contribution in [0.4, 0.5) is 10.1 Å². The van der Waals surface area contributed by atoms with E-state index in [2.05, 4.69) is 10.4 Å². The lowest BCUT2D eigenvalue weighted by Crippen LogP contribution is -1.93. The van der Waals surface area contributed by atoms with Crippen molar-refractivity contribution in [2.75, 3.05) is 5.32 Å². The predicted octanol–water partition coefficient (Wildman–Crippen LogP) is 0.128. The number of anilines is 1. The van der Waals surface area contributed by atoms with E-state index in [1.165, 1.54) is 10.9 Å². The zero-order valence-electron chi connectivity index (χ0n) is 5.34. The Morgan fingerprint density at radius 2 is 2.60 bits per heavy atom. The summed E-state index contributed by atoms with van der Waals surface area (Å²) >= 11 is 0. The highest BCUT2D eigenvalue weighted by atomic mass is 19.1. The lowest BCUT2D eigenvalue weighted by molar-refractivity contribution is -0.105. The number of hydrogen-bond donors (Lipinski definition) is 1. The smallest absolute Gasteiger partial charge is 0.256 e. The standard InChI is InChI=1S/C5H6FN3O/c1-9-2-4(7-3-10)5(6)8-9/h2-3H,1H3,(H,7,10). The largest absolute Gasteiger partial charge is 0.324 e. The SMILES string of the molecule is Cn1cc(NC=O)c(F)n1. The van der Waals surface area contributed by atoms with Crippen LogP contribution in [-0.4, -0.2) is 16.2 Å². The van der Waals surface area contributed by atoms with Gasteiger partial charge in [0.1, 0.15) is 5.69 Å². The van der Waals surface area contributed by atoms with E-state index < -0.39 is 5.95 Å². The molecule has 0 bridgehead atoms. The molecule has 0 saturated carbocycles. The Bertz CT molecular complexity index is 245. The van der Waals surface area contributed by atoms with Gasteiger partial charge in [-0.25, -0.2) is 0 Å². The fourth-order valence-electron chi connectivity index (χ4n) is 0.622. The van der Waals surface area contributed by atoms with Crippen molar-refractivity contribution in [1.82, 2.24) is 9.78 Å². The van der Waals surface area contributed by atoms with E-state index in [0.717, 1.165) is 0 Å². The minimum absolute atomic E-state index is 0.0949. The summed E-state index contributed by atoms with van der Waals surface area (Å²) in [5.41, 5.74) is 0.0949. The van der Waals surface area contributed by atoms with Crippen LogP contribution in [0.1, 0.15) is 0 Å². The Kier molecular flexibility index (Phi) is 1.66. The molecule has 1 aromatic rings. The Labute approximate surface area is 56.6 Å². The fraction of sp³-hybridized carbons (Fsp3) is 0.200. The number of carbonyl (C=O) groups is 1. The Hall–Kier alpha value is -1.39. The third kappa shape index (κ3) is 1.12. The third-order valence-electron chi connectivity index (χ3n) is 0.998. The molecule has 1 aromatic heterocycles. The van der Waals surface area contributed by atoms with Crippen LogP contribution in [0.2, 0.25) is 0 Å². The summed E-state index contributed by atoms with van der Waals surface area (Å²) in [7, 11) is 1.57. The molecule has 1 amide bonds. The first-order chi connectivity index (χ1) is 4.74. The van der Waals surface area contributed by atoms with Crippen molar-refractivity contribution >= 4 is 12.1 Å². The number of halogens is 1. The van der Waals surface area contributed by atoms with Gasteiger partial charge in [-0.1, -0.05) is 0 Å². The van der Waals surface area contributed by atoms with Crippen LogP contribution in [0.3, 0.4) is 0 Å². The van der Waals surface area contributed by atoms with Crippen LogP contribution in [-0.2, 0) is 11.8 Å². The molecule has 0 aromatic carbocycles. The molecule has 5 heteroatoms. The first-order valence-corrected chi connectivity index (χ1v) is 2.63. The number of aromatic nitrogens is 2. The highest BCUT2D eigenvalue weighted by Crippen LogP contribution is 2.08. The van der Waals surface area contributed by atoms with Crippen molar-refractivity contribution in [3.8, 4) is 0 Å². The first-order valence-electron chi connectivity index (χ1n) is 2.63. The van der Waals surface area contributed by atoms with Crippen molar-refractivity contribution in [2.24, 2.45) is 7.05 Å². The van der Waals surface area contributed by atoms with E-state index in [4.69, 9.17) is 0 Å². The molecule has 0 unspecified atom stereocenters. The number of carbonyl (C=O) groups excluding carboxylic acids is 1. The molecule has 0 aliphatic carbocycles. The molecule has 1 heterocycles. The molecule has 54 valence electrons. The molecule has 0 spiro atoms. The molecule has 10 heavy (non-hydrogen) atoms. The Balaban J connectivity index is 2.91.